The first kappa shape index (κ1) is 31.8. The number of hydrogen-bond donors (Lipinski definition) is 1. The van der Waals surface area contributed by atoms with Crippen molar-refractivity contribution in [1.82, 2.24) is 10.2 Å². The average Bonchev–Trinajstić information content (AvgIpc) is 2.98. The molecule has 2 amide bonds. The Morgan fingerprint density at radius 1 is 0.951 bits per heavy atom. The van der Waals surface area contributed by atoms with E-state index < -0.39 is 28.5 Å². The number of benzene rings is 3. The Kier molecular flexibility index (Phi) is 11.4. The number of methoxy groups -OCH3 is 2. The molecular weight excluding hydrogens is 566 g/mol. The molecule has 0 radical (unpaired) electrons. The van der Waals surface area contributed by atoms with Crippen molar-refractivity contribution < 1.29 is 27.5 Å². The second-order valence-electron chi connectivity index (χ2n) is 9.33. The standard InChI is InChI=1S/C30H36ClN3O6S/c1-5-6-18-32-30(36)22(2)33(20-23-10-8-7-9-11-23)29(35)21-34(25-14-12-24(31)13-15-25)41(37,38)26-16-17-27(39-3)28(19-26)40-4/h7-17,19,22H,5-6,18,20-21H2,1-4H3,(H,32,36)/t22-/m0/s1. The third-order valence-corrected chi connectivity index (χ3v) is 8.55. The van der Waals surface area contributed by atoms with Crippen molar-refractivity contribution in [2.24, 2.45) is 0 Å². The molecule has 1 atom stereocenters. The topological polar surface area (TPSA) is 105 Å². The lowest BCUT2D eigenvalue weighted by Crippen LogP contribution is -2.51. The lowest BCUT2D eigenvalue weighted by Gasteiger charge is -2.32. The third kappa shape index (κ3) is 8.14. The molecule has 0 saturated heterocycles. The van der Waals surface area contributed by atoms with Crippen LogP contribution in [0.5, 0.6) is 11.5 Å². The van der Waals surface area contributed by atoms with E-state index in [0.29, 0.717) is 17.3 Å². The van der Waals surface area contributed by atoms with E-state index in [1.54, 1.807) is 19.1 Å². The Morgan fingerprint density at radius 2 is 1.61 bits per heavy atom. The molecule has 0 spiro atoms. The summed E-state index contributed by atoms with van der Waals surface area (Å²) in [5.74, 6) is -0.286. The minimum absolute atomic E-state index is 0.0992. The van der Waals surface area contributed by atoms with Gasteiger partial charge >= 0.3 is 0 Å². The quantitative estimate of drug-likeness (QED) is 0.264. The van der Waals surface area contributed by atoms with Gasteiger partial charge in [-0.15, -0.1) is 0 Å². The molecule has 0 aliphatic carbocycles. The maximum absolute atomic E-state index is 14.0. The van der Waals surface area contributed by atoms with E-state index in [9.17, 15) is 18.0 Å². The maximum atomic E-state index is 14.0. The number of ether oxygens (including phenoxy) is 2. The van der Waals surface area contributed by atoms with E-state index in [0.717, 1.165) is 22.7 Å². The molecule has 0 aromatic heterocycles. The number of nitrogens with zero attached hydrogens (tertiary/aromatic N) is 2. The Labute approximate surface area is 247 Å². The second kappa shape index (κ2) is 14.7. The Bertz CT molecular complexity index is 1420. The summed E-state index contributed by atoms with van der Waals surface area (Å²) >= 11 is 6.08. The molecule has 1 N–H and O–H groups in total. The first-order valence-corrected chi connectivity index (χ1v) is 15.1. The molecule has 0 heterocycles. The van der Waals surface area contributed by atoms with Gasteiger partial charge in [0.25, 0.3) is 10.0 Å². The normalized spacial score (nSPS) is 11.8. The van der Waals surface area contributed by atoms with Gasteiger partial charge < -0.3 is 19.7 Å². The van der Waals surface area contributed by atoms with Crippen molar-refractivity contribution in [1.29, 1.82) is 0 Å². The van der Waals surface area contributed by atoms with Crippen molar-refractivity contribution in [3.05, 3.63) is 83.4 Å². The van der Waals surface area contributed by atoms with Crippen LogP contribution in [0.3, 0.4) is 0 Å². The van der Waals surface area contributed by atoms with Crippen LogP contribution in [0.25, 0.3) is 0 Å². The summed E-state index contributed by atoms with van der Waals surface area (Å²) in [5, 5.41) is 3.28. The molecule has 41 heavy (non-hydrogen) atoms. The lowest BCUT2D eigenvalue weighted by molar-refractivity contribution is -0.139. The van der Waals surface area contributed by atoms with Crippen LogP contribution in [0.2, 0.25) is 5.02 Å². The van der Waals surface area contributed by atoms with E-state index in [1.165, 1.54) is 49.5 Å². The smallest absolute Gasteiger partial charge is 0.264 e. The minimum Gasteiger partial charge on any atom is -0.493 e. The fourth-order valence-corrected chi connectivity index (χ4v) is 5.70. The van der Waals surface area contributed by atoms with Gasteiger partial charge in [-0.2, -0.15) is 0 Å². The summed E-state index contributed by atoms with van der Waals surface area (Å²) in [6.07, 6.45) is 1.71. The van der Waals surface area contributed by atoms with Crippen LogP contribution < -0.4 is 19.1 Å². The largest absolute Gasteiger partial charge is 0.493 e. The van der Waals surface area contributed by atoms with E-state index in [-0.39, 0.29) is 28.8 Å². The van der Waals surface area contributed by atoms with Crippen LogP contribution in [0.15, 0.2) is 77.7 Å². The summed E-state index contributed by atoms with van der Waals surface area (Å²) < 4.78 is 39.6. The molecule has 3 aromatic carbocycles. The van der Waals surface area contributed by atoms with Crippen molar-refractivity contribution >= 4 is 39.1 Å². The van der Waals surface area contributed by atoms with Crippen molar-refractivity contribution in [3.8, 4) is 11.5 Å². The molecule has 220 valence electrons. The van der Waals surface area contributed by atoms with E-state index in [2.05, 4.69) is 5.32 Å². The monoisotopic (exact) mass is 601 g/mol. The number of halogens is 1. The van der Waals surface area contributed by atoms with Gasteiger partial charge in [-0.25, -0.2) is 8.42 Å². The zero-order valence-electron chi connectivity index (χ0n) is 23.7. The van der Waals surface area contributed by atoms with Gasteiger partial charge in [-0.05, 0) is 55.3 Å². The van der Waals surface area contributed by atoms with Crippen LogP contribution >= 0.6 is 11.6 Å². The molecule has 3 rings (SSSR count). The average molecular weight is 602 g/mol. The van der Waals surface area contributed by atoms with Crippen LogP contribution in [-0.4, -0.2) is 58.5 Å². The lowest BCUT2D eigenvalue weighted by atomic mass is 10.1. The van der Waals surface area contributed by atoms with E-state index >= 15 is 0 Å². The summed E-state index contributed by atoms with van der Waals surface area (Å²) in [6.45, 7) is 3.70. The molecule has 0 aliphatic rings. The number of hydrogen-bond acceptors (Lipinski definition) is 6. The highest BCUT2D eigenvalue weighted by Gasteiger charge is 2.33. The van der Waals surface area contributed by atoms with Crippen LogP contribution in [0.4, 0.5) is 5.69 Å². The molecule has 11 heteroatoms. The Balaban J connectivity index is 2.02. The van der Waals surface area contributed by atoms with Gasteiger partial charge in [0, 0.05) is 24.2 Å². The zero-order chi connectivity index (χ0) is 30.0. The second-order valence-corrected chi connectivity index (χ2v) is 11.6. The van der Waals surface area contributed by atoms with Crippen LogP contribution in [0.1, 0.15) is 32.3 Å². The Hall–Kier alpha value is -3.76. The molecule has 0 saturated carbocycles. The zero-order valence-corrected chi connectivity index (χ0v) is 25.2. The van der Waals surface area contributed by atoms with Crippen LogP contribution in [-0.2, 0) is 26.2 Å². The maximum Gasteiger partial charge on any atom is 0.264 e. The predicted molar refractivity (Wildman–Crippen MR) is 160 cm³/mol. The summed E-state index contributed by atoms with van der Waals surface area (Å²) in [7, 11) is -1.43. The van der Waals surface area contributed by atoms with Crippen molar-refractivity contribution in [3.63, 3.8) is 0 Å². The van der Waals surface area contributed by atoms with Gasteiger partial charge in [0.2, 0.25) is 11.8 Å². The van der Waals surface area contributed by atoms with Gasteiger partial charge in [0.1, 0.15) is 12.6 Å². The van der Waals surface area contributed by atoms with E-state index in [4.69, 9.17) is 21.1 Å². The fourth-order valence-electron chi connectivity index (χ4n) is 4.14. The van der Waals surface area contributed by atoms with Gasteiger partial charge in [-0.1, -0.05) is 55.3 Å². The SMILES string of the molecule is CCCCNC(=O)[C@H](C)N(Cc1ccccc1)C(=O)CN(c1ccc(Cl)cc1)S(=O)(=O)c1ccc(OC)c(OC)c1. The summed E-state index contributed by atoms with van der Waals surface area (Å²) in [6, 6.07) is 18.7. The third-order valence-electron chi connectivity index (χ3n) is 6.53. The number of sulfonamides is 1. The van der Waals surface area contributed by atoms with Crippen molar-refractivity contribution in [2.45, 2.75) is 44.2 Å². The van der Waals surface area contributed by atoms with Gasteiger partial charge in [0.05, 0.1) is 24.8 Å². The summed E-state index contributed by atoms with van der Waals surface area (Å²) in [4.78, 5) is 28.3. The first-order chi connectivity index (χ1) is 19.6. The highest BCUT2D eigenvalue weighted by Crippen LogP contribution is 2.32. The minimum atomic E-state index is -4.28. The van der Waals surface area contributed by atoms with Gasteiger partial charge in [-0.3, -0.25) is 13.9 Å². The summed E-state index contributed by atoms with van der Waals surface area (Å²) in [5.41, 5.74) is 1.03. The molecule has 9 nitrogen and oxygen atoms in total. The number of carbonyl (C=O) groups is 2. The van der Waals surface area contributed by atoms with E-state index in [1.807, 2.05) is 37.3 Å². The number of nitrogens with one attached hydrogen (secondary N) is 1. The number of amides is 2. The van der Waals surface area contributed by atoms with Crippen molar-refractivity contribution in [2.75, 3.05) is 31.6 Å². The molecular formula is C30H36ClN3O6S. The molecule has 0 aliphatic heterocycles. The number of anilines is 1. The van der Waals surface area contributed by atoms with Gasteiger partial charge in [0.15, 0.2) is 11.5 Å². The molecule has 0 unspecified atom stereocenters. The molecule has 3 aromatic rings. The number of unbranched alkanes of at least 4 members (excludes halogenated alkanes) is 1. The predicted octanol–water partition coefficient (Wildman–Crippen LogP) is 4.89. The van der Waals surface area contributed by atoms with Crippen LogP contribution in [0, 0.1) is 0 Å². The molecule has 0 bridgehead atoms. The fraction of sp³-hybridized carbons (Fsp3) is 0.333. The highest BCUT2D eigenvalue weighted by molar-refractivity contribution is 7.92. The first-order valence-electron chi connectivity index (χ1n) is 13.2. The number of rotatable bonds is 14. The number of carbonyl (C=O) groups excluding carboxylic acids is 2. The Morgan fingerprint density at radius 3 is 2.22 bits per heavy atom. The highest BCUT2D eigenvalue weighted by atomic mass is 35.5. The molecule has 0 fully saturated rings.